The van der Waals surface area contributed by atoms with E-state index >= 15 is 0 Å². The Hall–Kier alpha value is -4.72. The molecule has 2 atom stereocenters. The molecule has 10 heteroatoms. The number of carbonyl (C=O) groups excluding carboxylic acids is 1. The van der Waals surface area contributed by atoms with Crippen LogP contribution in [0, 0.1) is 19.3 Å². The first-order valence-electron chi connectivity index (χ1n) is 13.1. The molecule has 0 unspecified atom stereocenters. The topological polar surface area (TPSA) is 119 Å². The number of pyridine rings is 1. The number of Topliss-reactive ketones (excluding diaryl/α,β-unsaturated/α-hetero) is 1. The zero-order chi connectivity index (χ0) is 29.1. The molecule has 1 aliphatic heterocycles. The maximum Gasteiger partial charge on any atom is 0.197 e. The minimum atomic E-state index is -0.543. The van der Waals surface area contributed by atoms with Crippen LogP contribution in [0.5, 0.6) is 5.75 Å². The zero-order valence-corrected chi connectivity index (χ0v) is 22.7. The van der Waals surface area contributed by atoms with E-state index in [4.69, 9.17) is 17.0 Å². The van der Waals surface area contributed by atoms with Gasteiger partial charge in [-0.15, -0.1) is 0 Å². The third kappa shape index (κ3) is 5.63. The van der Waals surface area contributed by atoms with Gasteiger partial charge >= 0.3 is 0 Å². The molecule has 0 bridgehead atoms. The Morgan fingerprint density at radius 1 is 1.24 bits per heavy atom. The summed E-state index contributed by atoms with van der Waals surface area (Å²) in [7, 11) is 1.44. The summed E-state index contributed by atoms with van der Waals surface area (Å²) < 4.78 is 20.3. The Kier molecular flexibility index (Phi) is 8.01. The van der Waals surface area contributed by atoms with Crippen molar-refractivity contribution in [3.8, 4) is 28.3 Å². The van der Waals surface area contributed by atoms with E-state index < -0.39 is 5.82 Å². The number of ether oxygens (including phenoxy) is 1. The Bertz CT molecular complexity index is 1650. The molecule has 41 heavy (non-hydrogen) atoms. The van der Waals surface area contributed by atoms with Crippen LogP contribution in [0.2, 0.25) is 0 Å². The Morgan fingerprint density at radius 3 is 2.83 bits per heavy atom. The fourth-order valence-corrected chi connectivity index (χ4v) is 5.26. The lowest BCUT2D eigenvalue weighted by Gasteiger charge is -2.28. The lowest BCUT2D eigenvalue weighted by Crippen LogP contribution is -2.33. The van der Waals surface area contributed by atoms with Gasteiger partial charge in [0.25, 0.3) is 0 Å². The normalized spacial score (nSPS) is 16.4. The molecule has 3 heterocycles. The van der Waals surface area contributed by atoms with E-state index in [0.717, 1.165) is 11.3 Å². The summed E-state index contributed by atoms with van der Waals surface area (Å²) in [6, 6.07) is 11.4. The van der Waals surface area contributed by atoms with Gasteiger partial charge in [0.2, 0.25) is 0 Å². The molecular formula is C31H29FN6O3. The summed E-state index contributed by atoms with van der Waals surface area (Å²) >= 11 is 0. The van der Waals surface area contributed by atoms with Gasteiger partial charge in [0, 0.05) is 48.8 Å². The van der Waals surface area contributed by atoms with Crippen LogP contribution in [-0.4, -0.2) is 58.2 Å². The summed E-state index contributed by atoms with van der Waals surface area (Å²) in [5.74, 6) is -0.505. The highest BCUT2D eigenvalue weighted by Gasteiger charge is 2.31. The highest BCUT2D eigenvalue weighted by Crippen LogP contribution is 2.37. The second-order valence-electron chi connectivity index (χ2n) is 10.0. The van der Waals surface area contributed by atoms with Gasteiger partial charge in [0.15, 0.2) is 17.3 Å². The largest absolute Gasteiger partial charge is 0.496 e. The van der Waals surface area contributed by atoms with E-state index in [1.54, 1.807) is 31.5 Å². The molecule has 2 aromatic heterocycles. The summed E-state index contributed by atoms with van der Waals surface area (Å²) in [5.41, 5.74) is 10.5. The van der Waals surface area contributed by atoms with Gasteiger partial charge in [-0.05, 0) is 60.4 Å². The number of hydrogen-bond donors (Lipinski definition) is 2. The van der Waals surface area contributed by atoms with Crippen LogP contribution in [0.25, 0.3) is 27.4 Å². The van der Waals surface area contributed by atoms with Crippen molar-refractivity contribution in [3.63, 3.8) is 0 Å². The van der Waals surface area contributed by atoms with E-state index in [0.29, 0.717) is 35.3 Å². The van der Waals surface area contributed by atoms with Crippen molar-refractivity contribution in [2.24, 2.45) is 5.73 Å². The maximum atomic E-state index is 14.9. The fraction of sp³-hybridized carbons (Fsp3) is 0.258. The van der Waals surface area contributed by atoms with Gasteiger partial charge in [0.05, 0.1) is 31.9 Å². The van der Waals surface area contributed by atoms with Crippen molar-refractivity contribution in [3.05, 3.63) is 95.1 Å². The van der Waals surface area contributed by atoms with Crippen LogP contribution in [-0.2, 0) is 6.42 Å². The number of nitrogens with two attached hydrogens (primary N) is 1. The Morgan fingerprint density at radius 2 is 2.07 bits per heavy atom. The van der Waals surface area contributed by atoms with Crippen LogP contribution >= 0.6 is 0 Å². The molecule has 9 nitrogen and oxygen atoms in total. The molecular weight excluding hydrogens is 523 g/mol. The highest BCUT2D eigenvalue weighted by atomic mass is 19.1. The van der Waals surface area contributed by atoms with Gasteiger partial charge in [-0.2, -0.15) is 0 Å². The van der Waals surface area contributed by atoms with Crippen molar-refractivity contribution in [2.75, 3.05) is 25.2 Å². The number of anilines is 1. The molecule has 208 valence electrons. The molecule has 2 aromatic carbocycles. The van der Waals surface area contributed by atoms with E-state index in [9.17, 15) is 14.3 Å². The molecule has 0 spiro atoms. The molecule has 0 aliphatic carbocycles. The Balaban J connectivity index is 1.53. The van der Waals surface area contributed by atoms with E-state index in [1.165, 1.54) is 25.4 Å². The van der Waals surface area contributed by atoms with E-state index in [1.807, 2.05) is 23.1 Å². The predicted octanol–water partition coefficient (Wildman–Crippen LogP) is 4.54. The number of aryl methyl sites for hydroxylation is 1. The lowest BCUT2D eigenvalue weighted by atomic mass is 9.98. The van der Waals surface area contributed by atoms with Crippen molar-refractivity contribution in [1.82, 2.24) is 15.0 Å². The van der Waals surface area contributed by atoms with Gasteiger partial charge in [0.1, 0.15) is 17.3 Å². The quantitative estimate of drug-likeness (QED) is 0.242. The van der Waals surface area contributed by atoms with Crippen LogP contribution in [0.3, 0.4) is 0 Å². The van der Waals surface area contributed by atoms with Gasteiger partial charge in [-0.3, -0.25) is 9.78 Å². The molecule has 5 rings (SSSR count). The second-order valence-corrected chi connectivity index (χ2v) is 10.0. The molecule has 1 fully saturated rings. The van der Waals surface area contributed by atoms with Gasteiger partial charge in [-0.25, -0.2) is 19.2 Å². The standard InChI is InChI=1S/C31H29FN6O3/c1-18-10-24(32)30(29(11-18)41-3)31-36-9-7-26(37-31)28(40)13-20-5-4-19(23-15-35-8-6-25(23)34-2)12-27(20)38-16-21(33)14-22(38)17-39/h4-12,15,21-22,39H,13-14,16-17,33H2,1,3H3/t21-,22-/m0/s1. The zero-order valence-electron chi connectivity index (χ0n) is 22.7. The molecule has 4 aromatic rings. The van der Waals surface area contributed by atoms with Crippen molar-refractivity contribution in [1.29, 1.82) is 0 Å². The van der Waals surface area contributed by atoms with Crippen LogP contribution in [0.1, 0.15) is 28.0 Å². The number of aliphatic hydroxyl groups excluding tert-OH is 1. The minimum Gasteiger partial charge on any atom is -0.496 e. The fourth-order valence-electron chi connectivity index (χ4n) is 5.26. The number of halogens is 1. The van der Waals surface area contributed by atoms with Gasteiger partial charge < -0.3 is 20.5 Å². The van der Waals surface area contributed by atoms with Crippen LogP contribution in [0.4, 0.5) is 15.8 Å². The molecule has 0 saturated carbocycles. The Labute approximate surface area is 237 Å². The molecule has 3 N–H and O–H groups in total. The highest BCUT2D eigenvalue weighted by molar-refractivity contribution is 5.97. The number of aliphatic hydroxyl groups is 1. The monoisotopic (exact) mass is 552 g/mol. The number of aromatic nitrogens is 3. The first kappa shape index (κ1) is 27.8. The van der Waals surface area contributed by atoms with Crippen molar-refractivity contribution >= 4 is 17.2 Å². The molecule has 1 saturated heterocycles. The SMILES string of the molecule is [C-]#[N+]c1ccncc1-c1ccc(CC(=O)c2ccnc(-c3c(F)cc(C)cc3OC)n2)c(N2C[C@@H](N)C[C@H]2CO)c1. The summed E-state index contributed by atoms with van der Waals surface area (Å²) in [5, 5.41) is 10.1. The maximum absolute atomic E-state index is 14.9. The molecule has 0 amide bonds. The number of nitrogens with zero attached hydrogens (tertiary/aromatic N) is 5. The summed E-state index contributed by atoms with van der Waals surface area (Å²) in [6.07, 6.45) is 5.23. The number of methoxy groups -OCH3 is 1. The molecule has 0 radical (unpaired) electrons. The van der Waals surface area contributed by atoms with Gasteiger partial charge in [-0.1, -0.05) is 12.1 Å². The second kappa shape index (κ2) is 11.8. The van der Waals surface area contributed by atoms with Crippen LogP contribution in [0.15, 0.2) is 61.1 Å². The number of benzene rings is 2. The number of hydrogen-bond acceptors (Lipinski definition) is 8. The van der Waals surface area contributed by atoms with E-state index in [-0.39, 0.29) is 53.7 Å². The average Bonchev–Trinajstić information content (AvgIpc) is 3.37. The lowest BCUT2D eigenvalue weighted by molar-refractivity contribution is 0.0988. The molecule has 1 aliphatic rings. The number of rotatable bonds is 8. The third-order valence-corrected chi connectivity index (χ3v) is 7.22. The summed E-state index contributed by atoms with van der Waals surface area (Å²) in [4.78, 5) is 32.0. The first-order valence-corrected chi connectivity index (χ1v) is 13.1. The number of carbonyl (C=O) groups is 1. The predicted molar refractivity (Wildman–Crippen MR) is 153 cm³/mol. The van der Waals surface area contributed by atoms with Crippen LogP contribution < -0.4 is 15.4 Å². The third-order valence-electron chi connectivity index (χ3n) is 7.22. The minimum absolute atomic E-state index is 0.00775. The van der Waals surface area contributed by atoms with E-state index in [2.05, 4.69) is 19.8 Å². The first-order chi connectivity index (χ1) is 19.8. The van der Waals surface area contributed by atoms with Crippen molar-refractivity contribution < 1.29 is 19.0 Å². The van der Waals surface area contributed by atoms with Crippen molar-refractivity contribution in [2.45, 2.75) is 31.8 Å². The number of ketones is 1. The summed E-state index contributed by atoms with van der Waals surface area (Å²) in [6.45, 7) is 9.72. The smallest absolute Gasteiger partial charge is 0.197 e. The average molecular weight is 553 g/mol.